The van der Waals surface area contributed by atoms with E-state index in [9.17, 15) is 8.78 Å². The minimum atomic E-state index is -0.858. The summed E-state index contributed by atoms with van der Waals surface area (Å²) in [4.78, 5) is 4.31. The van der Waals surface area contributed by atoms with Crippen molar-refractivity contribution in [2.45, 2.75) is 6.54 Å². The molecule has 1 heterocycles. The molecule has 0 unspecified atom stereocenters. The number of anilines is 1. The number of nitrogens with zero attached hydrogens (tertiary/aromatic N) is 1. The van der Waals surface area contributed by atoms with Crippen LogP contribution in [0.2, 0.25) is 5.02 Å². The molecule has 0 aliphatic rings. The van der Waals surface area contributed by atoms with Gasteiger partial charge in [-0.1, -0.05) is 23.7 Å². The van der Waals surface area contributed by atoms with Crippen molar-refractivity contribution >= 4 is 28.2 Å². The number of fused-ring (bicyclic) bond motifs is 1. The Kier molecular flexibility index (Phi) is 3.71. The summed E-state index contributed by atoms with van der Waals surface area (Å²) in [6.45, 7) is 0.350. The van der Waals surface area contributed by atoms with E-state index in [2.05, 4.69) is 10.3 Å². The molecule has 0 aliphatic carbocycles. The van der Waals surface area contributed by atoms with Crippen LogP contribution in [0.1, 0.15) is 5.56 Å². The molecule has 0 aliphatic heterocycles. The molecule has 1 aromatic heterocycles. The second-order valence-corrected chi connectivity index (χ2v) is 5.07. The highest BCUT2D eigenvalue weighted by molar-refractivity contribution is 6.31. The fraction of sp³-hybridized carbons (Fsp3) is 0.0625. The van der Waals surface area contributed by atoms with E-state index in [1.807, 2.05) is 18.2 Å². The normalized spacial score (nSPS) is 10.8. The molecule has 1 N–H and O–H groups in total. The number of aromatic nitrogens is 1. The quantitative estimate of drug-likeness (QED) is 0.753. The molecule has 0 atom stereocenters. The maximum absolute atomic E-state index is 13.2. The molecule has 0 spiro atoms. The summed E-state index contributed by atoms with van der Waals surface area (Å²) in [6.07, 6.45) is 1.69. The number of pyridine rings is 1. The molecule has 0 saturated heterocycles. The second-order valence-electron chi connectivity index (χ2n) is 4.63. The molecule has 2 aromatic carbocycles. The van der Waals surface area contributed by atoms with Crippen molar-refractivity contribution in [1.29, 1.82) is 0 Å². The number of hydrogen-bond acceptors (Lipinski definition) is 2. The van der Waals surface area contributed by atoms with Gasteiger partial charge in [-0.2, -0.15) is 0 Å². The summed E-state index contributed by atoms with van der Waals surface area (Å²) in [5.74, 6) is -1.71. The van der Waals surface area contributed by atoms with Crippen LogP contribution in [0.3, 0.4) is 0 Å². The first-order chi connectivity index (χ1) is 10.1. The summed E-state index contributed by atoms with van der Waals surface area (Å²) in [5, 5.41) is 4.66. The van der Waals surface area contributed by atoms with E-state index in [4.69, 9.17) is 11.6 Å². The number of rotatable bonds is 3. The summed E-state index contributed by atoms with van der Waals surface area (Å²) >= 11 is 6.07. The number of hydrogen-bond donors (Lipinski definition) is 1. The molecule has 0 saturated carbocycles. The van der Waals surface area contributed by atoms with Crippen molar-refractivity contribution in [3.05, 3.63) is 70.9 Å². The largest absolute Gasteiger partial charge is 0.379 e. The fourth-order valence-corrected chi connectivity index (χ4v) is 2.36. The maximum Gasteiger partial charge on any atom is 0.159 e. The third-order valence-electron chi connectivity index (χ3n) is 3.14. The molecule has 3 aromatic rings. The van der Waals surface area contributed by atoms with Crippen LogP contribution < -0.4 is 5.32 Å². The van der Waals surface area contributed by atoms with Gasteiger partial charge in [0.15, 0.2) is 11.6 Å². The van der Waals surface area contributed by atoms with E-state index in [-0.39, 0.29) is 0 Å². The fourth-order valence-electron chi connectivity index (χ4n) is 2.14. The second kappa shape index (κ2) is 5.66. The van der Waals surface area contributed by atoms with Gasteiger partial charge in [0.2, 0.25) is 0 Å². The maximum atomic E-state index is 13.2. The van der Waals surface area contributed by atoms with Crippen molar-refractivity contribution in [2.75, 3.05) is 5.32 Å². The Balaban J connectivity index is 1.89. The van der Waals surface area contributed by atoms with E-state index < -0.39 is 11.6 Å². The van der Waals surface area contributed by atoms with E-state index >= 15 is 0 Å². The lowest BCUT2D eigenvalue weighted by Crippen LogP contribution is -2.01. The van der Waals surface area contributed by atoms with Gasteiger partial charge in [-0.05, 0) is 35.9 Å². The first kappa shape index (κ1) is 13.8. The van der Waals surface area contributed by atoms with Crippen LogP contribution in [0.4, 0.5) is 14.5 Å². The first-order valence-electron chi connectivity index (χ1n) is 6.35. The highest BCUT2D eigenvalue weighted by Gasteiger charge is 2.06. The van der Waals surface area contributed by atoms with Crippen molar-refractivity contribution < 1.29 is 8.78 Å². The van der Waals surface area contributed by atoms with Crippen molar-refractivity contribution in [3.63, 3.8) is 0 Å². The Morgan fingerprint density at radius 1 is 1.05 bits per heavy atom. The third kappa shape index (κ3) is 2.95. The molecule has 5 heteroatoms. The highest BCUT2D eigenvalue weighted by atomic mass is 35.5. The molecule has 0 fully saturated rings. The average molecular weight is 305 g/mol. The van der Waals surface area contributed by atoms with Gasteiger partial charge in [0.05, 0.1) is 11.2 Å². The SMILES string of the molecule is Fc1ccc(CNc2cc(Cl)cc3cccnc23)cc1F. The lowest BCUT2D eigenvalue weighted by molar-refractivity contribution is 0.507. The van der Waals surface area contributed by atoms with Gasteiger partial charge in [0.25, 0.3) is 0 Å². The average Bonchev–Trinajstić information content (AvgIpc) is 2.48. The van der Waals surface area contributed by atoms with E-state index in [1.54, 1.807) is 12.3 Å². The monoisotopic (exact) mass is 304 g/mol. The molecule has 0 radical (unpaired) electrons. The Hall–Kier alpha value is -2.20. The Labute approximate surface area is 125 Å². The molecule has 0 amide bonds. The predicted octanol–water partition coefficient (Wildman–Crippen LogP) is 4.78. The van der Waals surface area contributed by atoms with Gasteiger partial charge >= 0.3 is 0 Å². The lowest BCUT2D eigenvalue weighted by Gasteiger charge is -2.10. The zero-order chi connectivity index (χ0) is 14.8. The lowest BCUT2D eigenvalue weighted by atomic mass is 10.1. The van der Waals surface area contributed by atoms with Crippen molar-refractivity contribution in [3.8, 4) is 0 Å². The Morgan fingerprint density at radius 2 is 1.90 bits per heavy atom. The molecule has 3 rings (SSSR count). The smallest absolute Gasteiger partial charge is 0.159 e. The van der Waals surface area contributed by atoms with E-state index in [0.29, 0.717) is 17.1 Å². The van der Waals surface area contributed by atoms with Crippen LogP contribution in [0, 0.1) is 11.6 Å². The minimum Gasteiger partial charge on any atom is -0.379 e. The first-order valence-corrected chi connectivity index (χ1v) is 6.73. The molecular formula is C16H11ClF2N2. The third-order valence-corrected chi connectivity index (χ3v) is 3.35. The van der Waals surface area contributed by atoms with Gasteiger partial charge in [-0.3, -0.25) is 4.98 Å². The van der Waals surface area contributed by atoms with Gasteiger partial charge in [-0.15, -0.1) is 0 Å². The van der Waals surface area contributed by atoms with Gasteiger partial charge in [-0.25, -0.2) is 8.78 Å². The molecule has 106 valence electrons. The zero-order valence-corrected chi connectivity index (χ0v) is 11.7. The van der Waals surface area contributed by atoms with Crippen molar-refractivity contribution in [1.82, 2.24) is 4.98 Å². The predicted molar refractivity (Wildman–Crippen MR) is 80.4 cm³/mol. The molecular weight excluding hydrogens is 294 g/mol. The Bertz CT molecular complexity index is 805. The van der Waals surface area contributed by atoms with Gasteiger partial charge in [0, 0.05) is 23.2 Å². The molecule has 21 heavy (non-hydrogen) atoms. The number of nitrogens with one attached hydrogen (secondary N) is 1. The Morgan fingerprint density at radius 3 is 2.71 bits per heavy atom. The van der Waals surface area contributed by atoms with E-state index in [1.165, 1.54) is 12.1 Å². The van der Waals surface area contributed by atoms with Crippen LogP contribution in [-0.2, 0) is 6.54 Å². The van der Waals surface area contributed by atoms with Crippen LogP contribution in [0.5, 0.6) is 0 Å². The zero-order valence-electron chi connectivity index (χ0n) is 10.9. The minimum absolute atomic E-state index is 0.350. The van der Waals surface area contributed by atoms with Crippen LogP contribution in [-0.4, -0.2) is 4.98 Å². The highest BCUT2D eigenvalue weighted by Crippen LogP contribution is 2.26. The van der Waals surface area contributed by atoms with E-state index in [0.717, 1.165) is 22.7 Å². The summed E-state index contributed by atoms with van der Waals surface area (Å²) < 4.78 is 26.1. The van der Waals surface area contributed by atoms with Crippen molar-refractivity contribution in [2.24, 2.45) is 0 Å². The van der Waals surface area contributed by atoms with Gasteiger partial charge in [0.1, 0.15) is 0 Å². The summed E-state index contributed by atoms with van der Waals surface area (Å²) in [7, 11) is 0. The van der Waals surface area contributed by atoms with Crippen LogP contribution in [0.15, 0.2) is 48.7 Å². The number of benzene rings is 2. The van der Waals surface area contributed by atoms with Crippen LogP contribution >= 0.6 is 11.6 Å². The van der Waals surface area contributed by atoms with Crippen LogP contribution in [0.25, 0.3) is 10.9 Å². The standard InChI is InChI=1S/C16H11ClF2N2/c17-12-7-11-2-1-5-20-16(11)15(8-12)21-9-10-3-4-13(18)14(19)6-10/h1-8,21H,9H2. The topological polar surface area (TPSA) is 24.9 Å². The molecule has 2 nitrogen and oxygen atoms in total. The molecule has 0 bridgehead atoms. The summed E-state index contributed by atoms with van der Waals surface area (Å²) in [6, 6.07) is 11.1. The summed E-state index contributed by atoms with van der Waals surface area (Å²) in [5.41, 5.74) is 2.17. The number of halogens is 3. The van der Waals surface area contributed by atoms with Gasteiger partial charge < -0.3 is 5.32 Å².